The van der Waals surface area contributed by atoms with Gasteiger partial charge in [0.25, 0.3) is 0 Å². The zero-order valence-electron chi connectivity index (χ0n) is 13.3. The number of carbonyl (C=O) groups is 1. The average molecular weight is 323 g/mol. The maximum absolute atomic E-state index is 10.8. The van der Waals surface area contributed by atoms with Gasteiger partial charge in [-0.3, -0.25) is 4.79 Å². The third-order valence-electron chi connectivity index (χ3n) is 3.51. The number of methoxy groups -OCH3 is 1. The molecule has 0 saturated carbocycles. The number of hydrogen-bond acceptors (Lipinski definition) is 5. The lowest BCUT2D eigenvalue weighted by atomic mass is 10.2. The predicted octanol–water partition coefficient (Wildman–Crippen LogP) is 3.78. The molecule has 0 spiro atoms. The molecule has 2 aromatic carbocycles. The van der Waals surface area contributed by atoms with Gasteiger partial charge >= 0.3 is 0 Å². The van der Waals surface area contributed by atoms with E-state index in [1.54, 1.807) is 31.6 Å². The van der Waals surface area contributed by atoms with Crippen molar-refractivity contribution >= 4 is 6.29 Å². The molecule has 1 aromatic heterocycles. The molecule has 0 aliphatic carbocycles. The van der Waals surface area contributed by atoms with Gasteiger partial charge in [-0.15, -0.1) is 0 Å². The van der Waals surface area contributed by atoms with Gasteiger partial charge in [-0.05, 0) is 30.3 Å². The Bertz CT molecular complexity index is 811. The van der Waals surface area contributed by atoms with E-state index in [9.17, 15) is 4.79 Å². The summed E-state index contributed by atoms with van der Waals surface area (Å²) in [5.41, 5.74) is 2.30. The van der Waals surface area contributed by atoms with Crippen LogP contribution in [0.15, 0.2) is 59.2 Å². The molecule has 3 rings (SSSR count). The van der Waals surface area contributed by atoms with Crippen molar-refractivity contribution in [3.8, 4) is 23.0 Å². The molecule has 0 fully saturated rings. The standard InChI is InChI=1S/C19H17NO4/c1-22-18-11-14(12-21)7-8-17(18)23-10-9-16-13-24-19(20-16)15-5-3-2-4-6-15/h2-8,11-13H,9-10H2,1H3. The molecule has 5 nitrogen and oxygen atoms in total. The highest BCUT2D eigenvalue weighted by molar-refractivity contribution is 5.76. The van der Waals surface area contributed by atoms with Crippen molar-refractivity contribution in [2.24, 2.45) is 0 Å². The van der Waals surface area contributed by atoms with Gasteiger partial charge in [-0.2, -0.15) is 0 Å². The lowest BCUT2D eigenvalue weighted by Crippen LogP contribution is -2.03. The largest absolute Gasteiger partial charge is 0.493 e. The zero-order valence-corrected chi connectivity index (χ0v) is 13.3. The minimum absolute atomic E-state index is 0.428. The van der Waals surface area contributed by atoms with Gasteiger partial charge in [-0.25, -0.2) is 4.98 Å². The number of oxazole rings is 1. The van der Waals surface area contributed by atoms with Gasteiger partial charge in [0, 0.05) is 17.5 Å². The first kappa shape index (κ1) is 15.8. The second kappa shape index (κ2) is 7.46. The van der Waals surface area contributed by atoms with Crippen molar-refractivity contribution in [2.75, 3.05) is 13.7 Å². The first-order valence-corrected chi connectivity index (χ1v) is 7.56. The summed E-state index contributed by atoms with van der Waals surface area (Å²) in [5, 5.41) is 0. The number of aromatic nitrogens is 1. The fourth-order valence-corrected chi connectivity index (χ4v) is 2.28. The number of aldehydes is 1. The van der Waals surface area contributed by atoms with E-state index in [1.807, 2.05) is 30.3 Å². The van der Waals surface area contributed by atoms with Crippen LogP contribution in [0, 0.1) is 0 Å². The summed E-state index contributed by atoms with van der Waals surface area (Å²) in [6, 6.07) is 14.8. The SMILES string of the molecule is COc1cc(C=O)ccc1OCCc1coc(-c2ccccc2)n1. The lowest BCUT2D eigenvalue weighted by Gasteiger charge is -2.10. The summed E-state index contributed by atoms with van der Waals surface area (Å²) in [6.45, 7) is 0.428. The topological polar surface area (TPSA) is 61.6 Å². The molecule has 0 N–H and O–H groups in total. The summed E-state index contributed by atoms with van der Waals surface area (Å²) in [5.74, 6) is 1.72. The third-order valence-corrected chi connectivity index (χ3v) is 3.51. The quantitative estimate of drug-likeness (QED) is 0.619. The van der Waals surface area contributed by atoms with E-state index in [0.29, 0.717) is 36.0 Å². The van der Waals surface area contributed by atoms with Crippen LogP contribution in [0.5, 0.6) is 11.5 Å². The Balaban J connectivity index is 1.61. The number of rotatable bonds is 7. The molecule has 0 unspecified atom stereocenters. The molecular formula is C19H17NO4. The van der Waals surface area contributed by atoms with Gasteiger partial charge in [0.05, 0.1) is 19.4 Å². The molecule has 1 heterocycles. The second-order valence-electron chi connectivity index (χ2n) is 5.14. The highest BCUT2D eigenvalue weighted by Gasteiger charge is 2.08. The van der Waals surface area contributed by atoms with E-state index in [-0.39, 0.29) is 0 Å². The maximum atomic E-state index is 10.8. The Morgan fingerprint density at radius 1 is 1.12 bits per heavy atom. The van der Waals surface area contributed by atoms with Crippen LogP contribution < -0.4 is 9.47 Å². The molecule has 0 radical (unpaired) electrons. The summed E-state index contributed by atoms with van der Waals surface area (Å²) in [6.07, 6.45) is 3.01. The first-order valence-electron chi connectivity index (χ1n) is 7.56. The van der Waals surface area contributed by atoms with Crippen molar-refractivity contribution in [1.82, 2.24) is 4.98 Å². The number of carbonyl (C=O) groups excluding carboxylic acids is 1. The minimum atomic E-state index is 0.428. The molecule has 0 aliphatic heterocycles. The Kier molecular flexibility index (Phi) is 4.91. The minimum Gasteiger partial charge on any atom is -0.493 e. The van der Waals surface area contributed by atoms with Gasteiger partial charge in [0.1, 0.15) is 12.5 Å². The van der Waals surface area contributed by atoms with E-state index in [2.05, 4.69) is 4.98 Å². The van der Waals surface area contributed by atoms with Crippen LogP contribution in [-0.4, -0.2) is 25.0 Å². The van der Waals surface area contributed by atoms with Crippen LogP contribution in [0.1, 0.15) is 16.1 Å². The maximum Gasteiger partial charge on any atom is 0.226 e. The molecule has 122 valence electrons. The van der Waals surface area contributed by atoms with Gasteiger partial charge in [0.15, 0.2) is 11.5 Å². The fourth-order valence-electron chi connectivity index (χ4n) is 2.28. The van der Waals surface area contributed by atoms with E-state index in [1.165, 1.54) is 0 Å². The highest BCUT2D eigenvalue weighted by Crippen LogP contribution is 2.27. The van der Waals surface area contributed by atoms with E-state index in [0.717, 1.165) is 17.5 Å². The first-order chi connectivity index (χ1) is 11.8. The molecule has 0 atom stereocenters. The molecule has 0 amide bonds. The number of benzene rings is 2. The number of ether oxygens (including phenoxy) is 2. The summed E-state index contributed by atoms with van der Waals surface area (Å²) in [4.78, 5) is 15.2. The van der Waals surface area contributed by atoms with Crippen molar-refractivity contribution in [1.29, 1.82) is 0 Å². The van der Waals surface area contributed by atoms with Crippen LogP contribution in [0.25, 0.3) is 11.5 Å². The Morgan fingerprint density at radius 2 is 1.96 bits per heavy atom. The Morgan fingerprint density at radius 3 is 2.71 bits per heavy atom. The van der Waals surface area contributed by atoms with Crippen molar-refractivity contribution in [2.45, 2.75) is 6.42 Å². The van der Waals surface area contributed by atoms with Crippen molar-refractivity contribution in [3.63, 3.8) is 0 Å². The molecule has 3 aromatic rings. The summed E-state index contributed by atoms with van der Waals surface area (Å²) >= 11 is 0. The normalized spacial score (nSPS) is 10.4. The van der Waals surface area contributed by atoms with Gasteiger partial charge in [-0.1, -0.05) is 18.2 Å². The fraction of sp³-hybridized carbons (Fsp3) is 0.158. The zero-order chi connectivity index (χ0) is 16.8. The van der Waals surface area contributed by atoms with Crippen LogP contribution in [0.3, 0.4) is 0 Å². The Hall–Kier alpha value is -3.08. The highest BCUT2D eigenvalue weighted by atomic mass is 16.5. The molecule has 24 heavy (non-hydrogen) atoms. The van der Waals surface area contributed by atoms with Crippen LogP contribution >= 0.6 is 0 Å². The van der Waals surface area contributed by atoms with Crippen molar-refractivity contribution in [3.05, 3.63) is 66.1 Å². The van der Waals surface area contributed by atoms with Gasteiger partial charge in [0.2, 0.25) is 5.89 Å². The van der Waals surface area contributed by atoms with Crippen LogP contribution in [0.2, 0.25) is 0 Å². The molecule has 0 bridgehead atoms. The van der Waals surface area contributed by atoms with Crippen LogP contribution in [0.4, 0.5) is 0 Å². The summed E-state index contributed by atoms with van der Waals surface area (Å²) < 4.78 is 16.5. The predicted molar refractivity (Wildman–Crippen MR) is 89.5 cm³/mol. The third kappa shape index (κ3) is 3.63. The average Bonchev–Trinajstić information content (AvgIpc) is 3.11. The molecular weight excluding hydrogens is 306 g/mol. The van der Waals surface area contributed by atoms with E-state index < -0.39 is 0 Å². The Labute approximate surface area is 139 Å². The molecule has 0 aliphatic rings. The second-order valence-corrected chi connectivity index (χ2v) is 5.14. The van der Waals surface area contributed by atoms with E-state index in [4.69, 9.17) is 13.9 Å². The van der Waals surface area contributed by atoms with Crippen molar-refractivity contribution < 1.29 is 18.7 Å². The summed E-state index contributed by atoms with van der Waals surface area (Å²) in [7, 11) is 1.54. The molecule has 0 saturated heterocycles. The number of hydrogen-bond donors (Lipinski definition) is 0. The van der Waals surface area contributed by atoms with Crippen LogP contribution in [-0.2, 0) is 6.42 Å². The number of nitrogens with zero attached hydrogens (tertiary/aromatic N) is 1. The lowest BCUT2D eigenvalue weighted by molar-refractivity contribution is 0.112. The van der Waals surface area contributed by atoms with E-state index >= 15 is 0 Å². The monoisotopic (exact) mass is 323 g/mol. The van der Waals surface area contributed by atoms with Gasteiger partial charge < -0.3 is 13.9 Å². The molecule has 5 heteroatoms. The smallest absolute Gasteiger partial charge is 0.226 e.